The molecule has 1 atom stereocenters. The minimum absolute atomic E-state index is 0.181. The molecule has 188 valence electrons. The van der Waals surface area contributed by atoms with E-state index in [1.807, 2.05) is 0 Å². The molecule has 1 fully saturated rings. The van der Waals surface area contributed by atoms with Crippen molar-refractivity contribution in [3.8, 4) is 17.2 Å². The van der Waals surface area contributed by atoms with Crippen LogP contribution < -0.4 is 19.1 Å². The van der Waals surface area contributed by atoms with Crippen molar-refractivity contribution >= 4 is 44.1 Å². The number of benzene rings is 3. The van der Waals surface area contributed by atoms with Crippen LogP contribution in [0, 0.1) is 5.82 Å². The molecule has 37 heavy (non-hydrogen) atoms. The van der Waals surface area contributed by atoms with E-state index in [2.05, 4.69) is 4.98 Å². The Kier molecular flexibility index (Phi) is 6.26. The molecule has 0 bridgehead atoms. The molecule has 2 heterocycles. The summed E-state index contributed by atoms with van der Waals surface area (Å²) in [4.78, 5) is 32.7. The molecule has 4 aromatic rings. The first-order chi connectivity index (χ1) is 17.9. The van der Waals surface area contributed by atoms with Gasteiger partial charge in [0.25, 0.3) is 5.78 Å². The fourth-order valence-electron chi connectivity index (χ4n) is 4.26. The second kappa shape index (κ2) is 9.55. The number of halogens is 1. The molecule has 0 spiro atoms. The van der Waals surface area contributed by atoms with Crippen LogP contribution in [0.4, 0.5) is 9.52 Å². The number of aliphatic hydroxyl groups is 1. The molecule has 1 saturated heterocycles. The monoisotopic (exact) mass is 520 g/mol. The smallest absolute Gasteiger partial charge is 0.301 e. The van der Waals surface area contributed by atoms with Crippen molar-refractivity contribution in [2.24, 2.45) is 0 Å². The van der Waals surface area contributed by atoms with Crippen molar-refractivity contribution < 1.29 is 33.3 Å². The summed E-state index contributed by atoms with van der Waals surface area (Å²) >= 11 is 1.20. The second-order valence-electron chi connectivity index (χ2n) is 8.11. The number of aliphatic hydroxyl groups excluding tert-OH is 1. The minimum Gasteiger partial charge on any atom is -0.507 e. The van der Waals surface area contributed by atoms with Gasteiger partial charge in [-0.05, 0) is 60.7 Å². The van der Waals surface area contributed by atoms with Gasteiger partial charge in [0.2, 0.25) is 0 Å². The zero-order chi connectivity index (χ0) is 26.3. The summed E-state index contributed by atoms with van der Waals surface area (Å²) in [5.41, 5.74) is 1.01. The number of anilines is 1. The average molecular weight is 521 g/mol. The van der Waals surface area contributed by atoms with Gasteiger partial charge < -0.3 is 19.3 Å². The fraction of sp³-hybridized carbons (Fsp3) is 0.148. The van der Waals surface area contributed by atoms with Crippen LogP contribution in [0.1, 0.15) is 17.2 Å². The molecule has 1 aliphatic heterocycles. The van der Waals surface area contributed by atoms with Crippen molar-refractivity contribution in [2.45, 2.75) is 6.04 Å². The molecule has 1 aromatic heterocycles. The highest BCUT2D eigenvalue weighted by molar-refractivity contribution is 7.22. The first-order valence-corrected chi connectivity index (χ1v) is 11.9. The number of thiazole rings is 1. The van der Waals surface area contributed by atoms with Gasteiger partial charge in [0, 0.05) is 11.1 Å². The Morgan fingerprint density at radius 3 is 2.30 bits per heavy atom. The average Bonchev–Trinajstić information content (AvgIpc) is 3.45. The number of ketones is 1. The number of methoxy groups -OCH3 is 3. The van der Waals surface area contributed by atoms with Crippen LogP contribution >= 0.6 is 11.3 Å². The van der Waals surface area contributed by atoms with Crippen molar-refractivity contribution in [1.29, 1.82) is 0 Å². The van der Waals surface area contributed by atoms with Crippen LogP contribution in [0.25, 0.3) is 16.0 Å². The first-order valence-electron chi connectivity index (χ1n) is 11.1. The zero-order valence-electron chi connectivity index (χ0n) is 20.0. The van der Waals surface area contributed by atoms with Gasteiger partial charge in [-0.1, -0.05) is 11.3 Å². The standard InChI is InChI=1S/C27H21FN2O6S/c1-34-16-9-11-20(36-3)18(12-16)23-22(24(31)14-4-6-15(28)7-5-14)25(32)26(33)30(23)27-29-19-10-8-17(35-2)13-21(19)37-27/h4-13,23,31H,1-3H3/b24-22+/t23-/m0/s1. The fourth-order valence-corrected chi connectivity index (χ4v) is 5.28. The summed E-state index contributed by atoms with van der Waals surface area (Å²) in [5, 5.41) is 11.5. The third-order valence-corrected chi connectivity index (χ3v) is 7.10. The maximum absolute atomic E-state index is 13.6. The molecular weight excluding hydrogens is 499 g/mol. The minimum atomic E-state index is -1.10. The molecular formula is C27H21FN2O6S. The predicted molar refractivity (Wildman–Crippen MR) is 137 cm³/mol. The van der Waals surface area contributed by atoms with Crippen LogP contribution in [0.15, 0.2) is 66.2 Å². The van der Waals surface area contributed by atoms with E-state index in [1.165, 1.54) is 42.6 Å². The highest BCUT2D eigenvalue weighted by atomic mass is 32.1. The number of Topliss-reactive ketones (excluding diaryl/α,β-unsaturated/α-hetero) is 1. The van der Waals surface area contributed by atoms with E-state index in [4.69, 9.17) is 14.2 Å². The zero-order valence-corrected chi connectivity index (χ0v) is 20.8. The van der Waals surface area contributed by atoms with Crippen LogP contribution in [0.5, 0.6) is 17.2 Å². The van der Waals surface area contributed by atoms with Crippen molar-refractivity contribution in [1.82, 2.24) is 4.98 Å². The van der Waals surface area contributed by atoms with Gasteiger partial charge in [-0.25, -0.2) is 9.37 Å². The van der Waals surface area contributed by atoms with E-state index >= 15 is 0 Å². The number of fused-ring (bicyclic) bond motifs is 1. The van der Waals surface area contributed by atoms with E-state index in [0.717, 1.165) is 16.8 Å². The third-order valence-electron chi connectivity index (χ3n) is 6.08. The lowest BCUT2D eigenvalue weighted by molar-refractivity contribution is -0.132. The number of ether oxygens (including phenoxy) is 3. The highest BCUT2D eigenvalue weighted by Gasteiger charge is 2.49. The molecule has 0 aliphatic carbocycles. The maximum atomic E-state index is 13.6. The van der Waals surface area contributed by atoms with Crippen LogP contribution in [0.2, 0.25) is 0 Å². The van der Waals surface area contributed by atoms with E-state index in [0.29, 0.717) is 28.3 Å². The van der Waals surface area contributed by atoms with Gasteiger partial charge in [0.1, 0.15) is 34.9 Å². The number of hydrogen-bond donors (Lipinski definition) is 1. The van der Waals surface area contributed by atoms with Crippen molar-refractivity contribution in [2.75, 3.05) is 26.2 Å². The summed E-state index contributed by atoms with van der Waals surface area (Å²) in [6.07, 6.45) is 0. The topological polar surface area (TPSA) is 98.2 Å². The number of aromatic nitrogens is 1. The SMILES string of the molecule is COc1ccc(OC)c([C@H]2/C(=C(\O)c3ccc(F)cc3)C(=O)C(=O)N2c2nc3ccc(OC)cc3s2)c1. The van der Waals surface area contributed by atoms with Crippen LogP contribution in [0.3, 0.4) is 0 Å². The Morgan fingerprint density at radius 1 is 0.946 bits per heavy atom. The summed E-state index contributed by atoms with van der Waals surface area (Å²) < 4.78 is 30.5. The number of hydrogen-bond acceptors (Lipinski definition) is 8. The molecule has 0 radical (unpaired) electrons. The van der Waals surface area contributed by atoms with Gasteiger partial charge in [0.15, 0.2) is 5.13 Å². The molecule has 1 amide bonds. The lowest BCUT2D eigenvalue weighted by Crippen LogP contribution is -2.29. The van der Waals surface area contributed by atoms with E-state index < -0.39 is 29.3 Å². The normalized spacial score (nSPS) is 16.9. The Hall–Kier alpha value is -4.44. The Morgan fingerprint density at radius 2 is 1.62 bits per heavy atom. The van der Waals surface area contributed by atoms with Gasteiger partial charge in [0.05, 0.1) is 37.1 Å². The molecule has 8 nitrogen and oxygen atoms in total. The van der Waals surface area contributed by atoms with E-state index in [1.54, 1.807) is 43.5 Å². The number of amides is 1. The van der Waals surface area contributed by atoms with E-state index in [9.17, 15) is 19.1 Å². The van der Waals surface area contributed by atoms with Gasteiger partial charge in [-0.15, -0.1) is 0 Å². The molecule has 5 rings (SSSR count). The second-order valence-corrected chi connectivity index (χ2v) is 9.12. The number of carbonyl (C=O) groups excluding carboxylic acids is 2. The number of carbonyl (C=O) groups is 2. The Balaban J connectivity index is 1.77. The maximum Gasteiger partial charge on any atom is 0.301 e. The number of nitrogens with zero attached hydrogens (tertiary/aromatic N) is 2. The molecule has 1 aliphatic rings. The summed E-state index contributed by atoms with van der Waals surface area (Å²) in [6, 6.07) is 14.1. The van der Waals surface area contributed by atoms with Gasteiger partial charge in [-0.3, -0.25) is 14.5 Å². The lowest BCUT2D eigenvalue weighted by atomic mass is 9.94. The lowest BCUT2D eigenvalue weighted by Gasteiger charge is -2.25. The first kappa shape index (κ1) is 24.3. The molecule has 10 heteroatoms. The summed E-state index contributed by atoms with van der Waals surface area (Å²) in [7, 11) is 4.50. The summed E-state index contributed by atoms with van der Waals surface area (Å²) in [6.45, 7) is 0. The molecule has 0 saturated carbocycles. The Labute approximate surface area is 215 Å². The third kappa shape index (κ3) is 4.15. The number of rotatable bonds is 6. The summed E-state index contributed by atoms with van der Waals surface area (Å²) in [5.74, 6) is -1.29. The van der Waals surface area contributed by atoms with Crippen molar-refractivity contribution in [3.63, 3.8) is 0 Å². The quantitative estimate of drug-likeness (QED) is 0.215. The largest absolute Gasteiger partial charge is 0.507 e. The molecule has 1 N–H and O–H groups in total. The van der Waals surface area contributed by atoms with E-state index in [-0.39, 0.29) is 16.3 Å². The molecule has 0 unspecified atom stereocenters. The van der Waals surface area contributed by atoms with Crippen LogP contribution in [-0.2, 0) is 9.59 Å². The van der Waals surface area contributed by atoms with Gasteiger partial charge in [-0.2, -0.15) is 0 Å². The molecule has 3 aromatic carbocycles. The van der Waals surface area contributed by atoms with Crippen LogP contribution in [-0.4, -0.2) is 43.1 Å². The Bertz CT molecular complexity index is 1560. The predicted octanol–water partition coefficient (Wildman–Crippen LogP) is 5.09. The van der Waals surface area contributed by atoms with Gasteiger partial charge >= 0.3 is 5.91 Å². The van der Waals surface area contributed by atoms with Crippen molar-refractivity contribution in [3.05, 3.63) is 83.2 Å². The highest BCUT2D eigenvalue weighted by Crippen LogP contribution is 2.47.